The molecule has 3 atom stereocenters. The van der Waals surface area contributed by atoms with Gasteiger partial charge in [0.15, 0.2) is 0 Å². The van der Waals surface area contributed by atoms with Crippen LogP contribution in [0.1, 0.15) is 33.7 Å². The van der Waals surface area contributed by atoms with Crippen LogP contribution in [0.3, 0.4) is 0 Å². The Bertz CT molecular complexity index is 848. The fourth-order valence-corrected chi connectivity index (χ4v) is 4.95. The molecule has 1 unspecified atom stereocenters. The van der Waals surface area contributed by atoms with Crippen molar-refractivity contribution in [3.63, 3.8) is 0 Å². The van der Waals surface area contributed by atoms with Crippen LogP contribution >= 0.6 is 11.3 Å². The average Bonchev–Trinajstić information content (AvgIpc) is 3.30. The zero-order valence-electron chi connectivity index (χ0n) is 13.9. The summed E-state index contributed by atoms with van der Waals surface area (Å²) in [6, 6.07) is 1.97. The van der Waals surface area contributed by atoms with E-state index < -0.39 is 0 Å². The van der Waals surface area contributed by atoms with Crippen molar-refractivity contribution in [3.8, 4) is 0 Å². The first kappa shape index (κ1) is 15.3. The zero-order chi connectivity index (χ0) is 17.0. The quantitative estimate of drug-likeness (QED) is 0.848. The lowest BCUT2D eigenvalue weighted by atomic mass is 9.97. The first-order chi connectivity index (χ1) is 12.2. The van der Waals surface area contributed by atoms with Gasteiger partial charge in [0.1, 0.15) is 5.69 Å². The van der Waals surface area contributed by atoms with E-state index in [1.807, 2.05) is 5.38 Å². The van der Waals surface area contributed by atoms with E-state index in [1.165, 1.54) is 24.3 Å². The number of rotatable bonds is 3. The number of aromatic nitrogens is 1. The molecule has 2 aromatic heterocycles. The van der Waals surface area contributed by atoms with Crippen LogP contribution < -0.4 is 5.32 Å². The Morgan fingerprint density at radius 2 is 2.12 bits per heavy atom. The van der Waals surface area contributed by atoms with Crippen molar-refractivity contribution in [2.45, 2.75) is 18.9 Å². The van der Waals surface area contributed by atoms with Gasteiger partial charge in [-0.1, -0.05) is 0 Å². The number of piperidine rings is 1. The van der Waals surface area contributed by atoms with Crippen LogP contribution in [0.5, 0.6) is 0 Å². The van der Waals surface area contributed by atoms with Crippen LogP contribution in [0.4, 0.5) is 0 Å². The van der Waals surface area contributed by atoms with Crippen LogP contribution in [0.2, 0.25) is 0 Å². The van der Waals surface area contributed by atoms with Gasteiger partial charge in [-0.25, -0.2) is 4.98 Å². The van der Waals surface area contributed by atoms with Crippen molar-refractivity contribution >= 4 is 33.2 Å². The molecular formula is C18H20N4O2S. The number of thiophene rings is 1. The highest BCUT2D eigenvalue weighted by Crippen LogP contribution is 2.29. The summed E-state index contributed by atoms with van der Waals surface area (Å²) in [5.74, 6) is 0.634. The molecule has 1 N–H and O–H groups in total. The number of carbonyl (C=O) groups excluding carboxylic acids is 2. The van der Waals surface area contributed by atoms with E-state index in [0.29, 0.717) is 17.2 Å². The monoisotopic (exact) mass is 356 g/mol. The molecule has 5 heterocycles. The Morgan fingerprint density at radius 3 is 2.92 bits per heavy atom. The second-order valence-corrected chi connectivity index (χ2v) is 8.24. The molecule has 6 nitrogen and oxygen atoms in total. The predicted molar refractivity (Wildman–Crippen MR) is 95.9 cm³/mol. The maximum Gasteiger partial charge on any atom is 0.270 e. The number of fused-ring (bicyclic) bond motifs is 3. The van der Waals surface area contributed by atoms with Crippen molar-refractivity contribution < 1.29 is 9.59 Å². The Kier molecular flexibility index (Phi) is 3.53. The second-order valence-electron chi connectivity index (χ2n) is 7.33. The normalized spacial score (nSPS) is 27.5. The third-order valence-corrected chi connectivity index (χ3v) is 6.39. The maximum atomic E-state index is 12.7. The summed E-state index contributed by atoms with van der Waals surface area (Å²) in [4.78, 5) is 33.6. The van der Waals surface area contributed by atoms with Crippen LogP contribution in [0.25, 0.3) is 10.1 Å². The molecule has 0 radical (unpaired) electrons. The van der Waals surface area contributed by atoms with Crippen LogP contribution in [-0.2, 0) is 0 Å². The van der Waals surface area contributed by atoms with E-state index in [0.717, 1.165) is 42.7 Å². The Balaban J connectivity index is 1.37. The number of carbonyl (C=O) groups is 2. The summed E-state index contributed by atoms with van der Waals surface area (Å²) in [6.45, 7) is 4.91. The van der Waals surface area contributed by atoms with Gasteiger partial charge >= 0.3 is 0 Å². The smallest absolute Gasteiger partial charge is 0.270 e. The highest BCUT2D eigenvalue weighted by Gasteiger charge is 2.33. The van der Waals surface area contributed by atoms with Gasteiger partial charge in [0.2, 0.25) is 0 Å². The lowest BCUT2D eigenvalue weighted by Crippen LogP contribution is -2.47. The fraction of sp³-hybridized carbons (Fsp3) is 0.500. The van der Waals surface area contributed by atoms with Gasteiger partial charge in [0.25, 0.3) is 11.8 Å². The van der Waals surface area contributed by atoms with Gasteiger partial charge in [0.05, 0.1) is 10.3 Å². The van der Waals surface area contributed by atoms with Crippen LogP contribution in [0.15, 0.2) is 17.6 Å². The molecule has 3 fully saturated rings. The molecule has 2 bridgehead atoms. The summed E-state index contributed by atoms with van der Waals surface area (Å²) >= 11 is 1.50. The Labute approximate surface area is 149 Å². The minimum absolute atomic E-state index is 0.0560. The van der Waals surface area contributed by atoms with Gasteiger partial charge < -0.3 is 15.1 Å². The molecule has 0 saturated carbocycles. The second kappa shape index (κ2) is 5.78. The van der Waals surface area contributed by atoms with Crippen molar-refractivity contribution in [1.29, 1.82) is 0 Å². The molecule has 2 aromatic rings. The third kappa shape index (κ3) is 2.81. The van der Waals surface area contributed by atoms with Crippen LogP contribution in [0, 0.1) is 5.92 Å². The summed E-state index contributed by atoms with van der Waals surface area (Å²) < 4.78 is 0.948. The molecule has 7 heteroatoms. The molecule has 3 aliphatic heterocycles. The van der Waals surface area contributed by atoms with Crippen molar-refractivity contribution in [2.24, 2.45) is 5.92 Å². The van der Waals surface area contributed by atoms with Gasteiger partial charge in [-0.3, -0.25) is 9.59 Å². The summed E-state index contributed by atoms with van der Waals surface area (Å²) in [5, 5.41) is 5.86. The number of pyridine rings is 1. The van der Waals surface area contributed by atoms with Gasteiger partial charge in [-0.05, 0) is 31.4 Å². The number of nitrogens with one attached hydrogen (secondary N) is 1. The topological polar surface area (TPSA) is 65.3 Å². The SMILES string of the molecule is O=C(N[C@@H]1C[C@@H]2CCN(C2)C1)c1cc2c(C(=O)N3CC3)csc2cn1. The lowest BCUT2D eigenvalue weighted by Gasteiger charge is -2.30. The van der Waals surface area contributed by atoms with E-state index in [-0.39, 0.29) is 17.9 Å². The first-order valence-electron chi connectivity index (χ1n) is 8.87. The fourth-order valence-electron chi connectivity index (χ4n) is 4.07. The maximum absolute atomic E-state index is 12.7. The Hall–Kier alpha value is -1.99. The molecule has 0 aliphatic carbocycles. The van der Waals surface area contributed by atoms with E-state index in [1.54, 1.807) is 17.2 Å². The summed E-state index contributed by atoms with van der Waals surface area (Å²) in [6.07, 6.45) is 4.01. The van der Waals surface area contributed by atoms with E-state index >= 15 is 0 Å². The lowest BCUT2D eigenvalue weighted by molar-refractivity contribution is 0.0883. The zero-order valence-corrected chi connectivity index (χ0v) is 14.7. The van der Waals surface area contributed by atoms with E-state index in [2.05, 4.69) is 15.2 Å². The molecule has 25 heavy (non-hydrogen) atoms. The van der Waals surface area contributed by atoms with Crippen molar-refractivity contribution in [2.75, 3.05) is 32.7 Å². The van der Waals surface area contributed by atoms with E-state index in [9.17, 15) is 9.59 Å². The van der Waals surface area contributed by atoms with Gasteiger partial charge in [-0.2, -0.15) is 0 Å². The highest BCUT2D eigenvalue weighted by atomic mass is 32.1. The highest BCUT2D eigenvalue weighted by molar-refractivity contribution is 7.17. The molecular weight excluding hydrogens is 336 g/mol. The average molecular weight is 356 g/mol. The summed E-state index contributed by atoms with van der Waals surface area (Å²) in [7, 11) is 0. The van der Waals surface area contributed by atoms with Crippen molar-refractivity contribution in [1.82, 2.24) is 20.1 Å². The standard InChI is InChI=1S/C18H20N4O2S/c23-17(20-12-5-11-1-2-21(8-11)9-12)15-6-13-14(18(24)22-3-4-22)10-25-16(13)7-19-15/h6-7,10-12H,1-5,8-9H2,(H,20,23)/t11-,12+/m0/s1. The van der Waals surface area contributed by atoms with Gasteiger partial charge in [0, 0.05) is 49.2 Å². The number of amides is 2. The Morgan fingerprint density at radius 1 is 1.24 bits per heavy atom. The molecule has 0 aromatic carbocycles. The number of nitrogens with zero attached hydrogens (tertiary/aromatic N) is 3. The number of hydrogen-bond acceptors (Lipinski definition) is 5. The van der Waals surface area contributed by atoms with E-state index in [4.69, 9.17) is 0 Å². The van der Waals surface area contributed by atoms with Gasteiger partial charge in [-0.15, -0.1) is 11.3 Å². The summed E-state index contributed by atoms with van der Waals surface area (Å²) in [5.41, 5.74) is 1.09. The molecule has 2 amide bonds. The predicted octanol–water partition coefficient (Wildman–Crippen LogP) is 1.58. The van der Waals surface area contributed by atoms with Crippen molar-refractivity contribution in [3.05, 3.63) is 28.9 Å². The molecule has 130 valence electrons. The largest absolute Gasteiger partial charge is 0.347 e. The molecule has 5 rings (SSSR count). The van der Waals surface area contributed by atoms with Crippen LogP contribution in [-0.4, -0.2) is 65.4 Å². The minimum atomic E-state index is -0.134. The molecule has 0 spiro atoms. The molecule has 3 saturated heterocycles. The minimum Gasteiger partial charge on any atom is -0.347 e. The third-order valence-electron chi connectivity index (χ3n) is 5.46. The first-order valence-corrected chi connectivity index (χ1v) is 9.75. The molecule has 3 aliphatic rings. The number of hydrogen-bond donors (Lipinski definition) is 1.